The maximum absolute atomic E-state index is 9.80. The Hall–Kier alpha value is -2.73. The van der Waals surface area contributed by atoms with Gasteiger partial charge < -0.3 is 59.1 Å². The molecule has 24 nitrogen and oxygen atoms in total. The van der Waals surface area contributed by atoms with Gasteiger partial charge in [0.05, 0.1) is 36.0 Å². The van der Waals surface area contributed by atoms with Gasteiger partial charge in [0, 0.05) is 18.6 Å². The summed E-state index contributed by atoms with van der Waals surface area (Å²) in [6, 6.07) is 0. The summed E-state index contributed by atoms with van der Waals surface area (Å²) in [6.45, 7) is -1.07. The van der Waals surface area contributed by atoms with Crippen molar-refractivity contribution in [3.63, 3.8) is 0 Å². The summed E-state index contributed by atoms with van der Waals surface area (Å²) >= 11 is 9.03. The highest BCUT2D eigenvalue weighted by molar-refractivity contribution is 8.00. The molecule has 6 fully saturated rings. The molecule has 372 valence electrons. The molecular formula is C39H48N12O12S6. The molecule has 0 amide bonds. The number of hydrogen-bond donors (Lipinski definition) is 6. The van der Waals surface area contributed by atoms with E-state index in [9.17, 15) is 15.3 Å². The third-order valence-electron chi connectivity index (χ3n) is 12.0. The van der Waals surface area contributed by atoms with Gasteiger partial charge >= 0.3 is 0 Å². The van der Waals surface area contributed by atoms with E-state index in [0.29, 0.717) is 32.4 Å². The van der Waals surface area contributed by atoms with Gasteiger partial charge in [-0.1, -0.05) is 35.3 Å². The molecule has 0 aromatic carbocycles. The lowest BCUT2D eigenvalue weighted by atomic mass is 10.1. The number of nitrogens with zero attached hydrogens (tertiary/aromatic N) is 12. The van der Waals surface area contributed by atoms with E-state index in [4.69, 9.17) is 43.7 Å². The first-order valence-corrected chi connectivity index (χ1v) is 28.7. The highest BCUT2D eigenvalue weighted by Gasteiger charge is 2.63. The van der Waals surface area contributed by atoms with Gasteiger partial charge in [0.1, 0.15) is 88.3 Å². The third kappa shape index (κ3) is 9.57. The molecule has 30 heteroatoms. The second-order valence-electron chi connectivity index (χ2n) is 16.1. The second kappa shape index (κ2) is 20.6. The Morgan fingerprint density at radius 1 is 0.420 bits per heavy atom. The highest BCUT2D eigenvalue weighted by Crippen LogP contribution is 2.48. The smallest absolute Gasteiger partial charge is 0.190 e. The van der Waals surface area contributed by atoms with Gasteiger partial charge in [0.15, 0.2) is 51.1 Å². The van der Waals surface area contributed by atoms with Gasteiger partial charge in [-0.15, -0.1) is 50.6 Å². The molecule has 15 atom stereocenters. The average Bonchev–Trinajstić information content (AvgIpc) is 4.24. The van der Waals surface area contributed by atoms with Gasteiger partial charge in [-0.05, 0) is 37.5 Å². The lowest BCUT2D eigenvalue weighted by molar-refractivity contribution is -0.124. The maximum Gasteiger partial charge on any atom is 0.190 e. The monoisotopic (exact) mass is 1070 g/mol. The van der Waals surface area contributed by atoms with Crippen molar-refractivity contribution >= 4 is 104 Å². The Bertz CT molecular complexity index is 2520. The van der Waals surface area contributed by atoms with Gasteiger partial charge in [0.25, 0.3) is 0 Å². The summed E-state index contributed by atoms with van der Waals surface area (Å²) in [4.78, 5) is 26.7. The van der Waals surface area contributed by atoms with Crippen LogP contribution < -0.4 is 0 Å². The number of aliphatic hydroxyl groups is 6. The van der Waals surface area contributed by atoms with E-state index in [-0.39, 0.29) is 56.4 Å². The summed E-state index contributed by atoms with van der Waals surface area (Å²) in [5, 5.41) is 77.4. The van der Waals surface area contributed by atoms with E-state index in [0.717, 1.165) is 31.2 Å². The van der Waals surface area contributed by atoms with E-state index in [1.54, 1.807) is 49.3 Å². The normalized spacial score (nSPS) is 30.6. The van der Waals surface area contributed by atoms with Crippen molar-refractivity contribution in [2.24, 2.45) is 0 Å². The van der Waals surface area contributed by atoms with Gasteiger partial charge in [-0.2, -0.15) is 0 Å². The SMILES string of the molecule is CSc1nc(SC)c2cn([C@@H]3O[C@H]([C@H](O)CO)[C@H]4O[C@H]43)nc2n1.CSc1nc(SC)c2cn([C@@H]3O[C@H]([C@H](O)CO)[C@H]4O[C@H]43)nc2n1.CSc1nc(SC)c2cn([C@@H]3O[C@H]([C@H](O)CO)[C@H]4O[C@H]43)nc2n1. The number of aliphatic hydroxyl groups excluding tert-OH is 6. The fourth-order valence-electron chi connectivity index (χ4n) is 8.48. The van der Waals surface area contributed by atoms with Crippen molar-refractivity contribution in [3.05, 3.63) is 18.6 Å². The number of fused-ring (bicyclic) bond motifs is 6. The molecule has 6 aliphatic heterocycles. The number of aromatic nitrogens is 12. The molecule has 6 saturated heterocycles. The predicted octanol–water partition coefficient (Wildman–Crippen LogP) is 0.864. The molecule has 0 bridgehead atoms. The number of hydrogen-bond acceptors (Lipinski definition) is 27. The van der Waals surface area contributed by atoms with Crippen LogP contribution in [0.3, 0.4) is 0 Å². The van der Waals surface area contributed by atoms with Crippen molar-refractivity contribution < 1.29 is 59.1 Å². The largest absolute Gasteiger partial charge is 0.394 e. The lowest BCUT2D eigenvalue weighted by Crippen LogP contribution is -2.34. The lowest BCUT2D eigenvalue weighted by Gasteiger charge is -2.20. The molecule has 0 spiro atoms. The van der Waals surface area contributed by atoms with E-state index >= 15 is 0 Å². The van der Waals surface area contributed by atoms with Crippen LogP contribution in [-0.4, -0.2) is 220 Å². The number of epoxide rings is 3. The van der Waals surface area contributed by atoms with Crippen molar-refractivity contribution in [2.75, 3.05) is 57.4 Å². The fraction of sp³-hybridized carbons (Fsp3) is 0.615. The van der Waals surface area contributed by atoms with Crippen LogP contribution in [0.5, 0.6) is 0 Å². The van der Waals surface area contributed by atoms with Crippen molar-refractivity contribution in [2.45, 2.75) is 122 Å². The summed E-state index contributed by atoms with van der Waals surface area (Å²) in [7, 11) is 0. The molecule has 6 aliphatic rings. The molecule has 6 aromatic heterocycles. The number of rotatable bonds is 15. The van der Waals surface area contributed by atoms with Crippen LogP contribution in [0, 0.1) is 0 Å². The Labute approximate surface area is 418 Å². The maximum atomic E-state index is 9.80. The zero-order chi connectivity index (χ0) is 48.4. The first-order chi connectivity index (χ1) is 33.5. The summed E-state index contributed by atoms with van der Waals surface area (Å²) in [6.07, 6.45) is 10.4. The topological polar surface area (TPSA) is 317 Å². The average molecular weight is 1070 g/mol. The number of ether oxygens (including phenoxy) is 6. The van der Waals surface area contributed by atoms with Crippen LogP contribution in [0.15, 0.2) is 49.1 Å². The van der Waals surface area contributed by atoms with Gasteiger partial charge in [-0.25, -0.2) is 43.9 Å². The molecule has 6 aromatic rings. The molecule has 0 saturated carbocycles. The van der Waals surface area contributed by atoms with Crippen LogP contribution in [-0.2, 0) is 28.4 Å². The van der Waals surface area contributed by atoms with E-state index < -0.39 is 55.3 Å². The minimum atomic E-state index is -0.954. The first kappa shape index (κ1) is 49.8. The van der Waals surface area contributed by atoms with Crippen LogP contribution in [0.2, 0.25) is 0 Å². The fourth-order valence-corrected chi connectivity index (χ4v) is 11.4. The molecular weight excluding hydrogens is 1020 g/mol. The van der Waals surface area contributed by atoms with Crippen LogP contribution in [0.4, 0.5) is 0 Å². The Morgan fingerprint density at radius 3 is 0.928 bits per heavy atom. The van der Waals surface area contributed by atoms with Crippen molar-refractivity contribution in [1.29, 1.82) is 0 Å². The zero-order valence-corrected chi connectivity index (χ0v) is 42.4. The molecule has 69 heavy (non-hydrogen) atoms. The summed E-state index contributed by atoms with van der Waals surface area (Å²) in [5.74, 6) is 0. The molecule has 0 aliphatic carbocycles. The van der Waals surface area contributed by atoms with Gasteiger partial charge in [-0.3, -0.25) is 0 Å². The van der Waals surface area contributed by atoms with Crippen LogP contribution in [0.1, 0.15) is 18.7 Å². The Morgan fingerprint density at radius 2 is 0.696 bits per heavy atom. The third-order valence-corrected chi connectivity index (χ3v) is 15.8. The quantitative estimate of drug-likeness (QED) is 0.0360. The second-order valence-corrected chi connectivity index (χ2v) is 20.8. The van der Waals surface area contributed by atoms with E-state index in [1.807, 2.05) is 56.1 Å². The highest BCUT2D eigenvalue weighted by atomic mass is 32.2. The van der Waals surface area contributed by atoms with Gasteiger partial charge in [0.2, 0.25) is 0 Å². The standard InChI is InChI=1S/3C13H16N4O4S2/c3*1-22-11-5-3-17(16-10(5)14-13(15-11)23-2)12-9-8(20-9)7(21-12)6(19)4-18/h3*3,6-9,12,18-19H,4H2,1-2H3/t3*6-,7-,8-,9-,12-/m111/s1. The first-order valence-electron chi connectivity index (χ1n) is 21.3. The molecule has 12 rings (SSSR count). The molecule has 12 heterocycles. The minimum absolute atomic E-state index is 0.152. The summed E-state index contributed by atoms with van der Waals surface area (Å²) in [5.41, 5.74) is 1.84. The van der Waals surface area contributed by atoms with E-state index in [1.165, 1.54) is 35.3 Å². The number of thioether (sulfide) groups is 6. The molecule has 6 N–H and O–H groups in total. The molecule has 0 unspecified atom stereocenters. The van der Waals surface area contributed by atoms with E-state index in [2.05, 4.69) is 45.2 Å². The van der Waals surface area contributed by atoms with Crippen molar-refractivity contribution in [3.8, 4) is 0 Å². The predicted molar refractivity (Wildman–Crippen MR) is 254 cm³/mol. The zero-order valence-electron chi connectivity index (χ0n) is 37.5. The summed E-state index contributed by atoms with van der Waals surface area (Å²) < 4.78 is 39.2. The minimum Gasteiger partial charge on any atom is -0.394 e. The van der Waals surface area contributed by atoms with Crippen LogP contribution >= 0.6 is 70.6 Å². The Kier molecular flexibility index (Phi) is 14.9. The Balaban J connectivity index is 0.000000120. The van der Waals surface area contributed by atoms with Crippen molar-refractivity contribution in [1.82, 2.24) is 59.2 Å². The molecule has 0 radical (unpaired) electrons. The van der Waals surface area contributed by atoms with Crippen LogP contribution in [0.25, 0.3) is 33.1 Å².